The van der Waals surface area contributed by atoms with Gasteiger partial charge in [-0.05, 0) is 31.4 Å². The van der Waals surface area contributed by atoms with Gasteiger partial charge in [-0.1, -0.05) is 73.5 Å². The lowest BCUT2D eigenvalue weighted by atomic mass is 9.96. The van der Waals surface area contributed by atoms with E-state index in [4.69, 9.17) is 5.73 Å². The summed E-state index contributed by atoms with van der Waals surface area (Å²) >= 11 is 0. The molecule has 0 radical (unpaired) electrons. The second-order valence-electron chi connectivity index (χ2n) is 5.56. The molecule has 1 aliphatic rings. The standard InChI is InChI=1S/C18H22NP/c19-17-13-7-8-14-18(17)20(15-9-3-1-4-10-15)16-11-5-2-6-12-16/h1-6,9-12,17-18H,7-8,13-14,19H2/t17-,18?/m1/s1. The van der Waals surface area contributed by atoms with Crippen LogP contribution in [0.3, 0.4) is 0 Å². The van der Waals surface area contributed by atoms with E-state index in [-0.39, 0.29) is 7.92 Å². The molecule has 2 aromatic rings. The van der Waals surface area contributed by atoms with Gasteiger partial charge in [0.15, 0.2) is 0 Å². The first-order valence-corrected chi connectivity index (χ1v) is 8.92. The lowest BCUT2D eigenvalue weighted by Crippen LogP contribution is -2.40. The van der Waals surface area contributed by atoms with Crippen molar-refractivity contribution in [2.24, 2.45) is 5.73 Å². The minimum Gasteiger partial charge on any atom is -0.327 e. The number of rotatable bonds is 3. The molecule has 0 heterocycles. The van der Waals surface area contributed by atoms with Gasteiger partial charge >= 0.3 is 0 Å². The van der Waals surface area contributed by atoms with Crippen LogP contribution in [0.5, 0.6) is 0 Å². The van der Waals surface area contributed by atoms with Crippen LogP contribution in [-0.4, -0.2) is 11.7 Å². The maximum absolute atomic E-state index is 6.47. The van der Waals surface area contributed by atoms with E-state index in [1.54, 1.807) is 0 Å². The van der Waals surface area contributed by atoms with Crippen LogP contribution in [0.2, 0.25) is 0 Å². The smallest absolute Gasteiger partial charge is 0.0113 e. The molecule has 0 amide bonds. The molecule has 1 fully saturated rings. The Kier molecular flexibility index (Phi) is 4.50. The third-order valence-electron chi connectivity index (χ3n) is 4.18. The van der Waals surface area contributed by atoms with E-state index < -0.39 is 0 Å². The molecule has 2 aromatic carbocycles. The third kappa shape index (κ3) is 2.95. The summed E-state index contributed by atoms with van der Waals surface area (Å²) in [7, 11) is -0.333. The van der Waals surface area contributed by atoms with Crippen molar-refractivity contribution in [2.45, 2.75) is 37.4 Å². The summed E-state index contributed by atoms with van der Waals surface area (Å²) in [6.07, 6.45) is 5.08. The van der Waals surface area contributed by atoms with Crippen LogP contribution in [-0.2, 0) is 0 Å². The first kappa shape index (κ1) is 13.8. The highest BCUT2D eigenvalue weighted by molar-refractivity contribution is 7.73. The second-order valence-corrected chi connectivity index (χ2v) is 7.99. The first-order valence-electron chi connectivity index (χ1n) is 7.51. The number of nitrogens with two attached hydrogens (primary N) is 1. The van der Waals surface area contributed by atoms with Gasteiger partial charge in [0.05, 0.1) is 0 Å². The van der Waals surface area contributed by atoms with E-state index in [2.05, 4.69) is 60.7 Å². The molecular formula is C18H22NP. The summed E-state index contributed by atoms with van der Waals surface area (Å²) in [5, 5.41) is 2.94. The third-order valence-corrected chi connectivity index (χ3v) is 7.20. The molecule has 1 nitrogen and oxygen atoms in total. The van der Waals surface area contributed by atoms with E-state index >= 15 is 0 Å². The van der Waals surface area contributed by atoms with Crippen molar-refractivity contribution in [2.75, 3.05) is 0 Å². The van der Waals surface area contributed by atoms with Crippen molar-refractivity contribution < 1.29 is 0 Å². The maximum Gasteiger partial charge on any atom is 0.0113 e. The molecule has 0 saturated heterocycles. The zero-order chi connectivity index (χ0) is 13.8. The van der Waals surface area contributed by atoms with Crippen LogP contribution in [0.4, 0.5) is 0 Å². The summed E-state index contributed by atoms with van der Waals surface area (Å²) in [5.41, 5.74) is 7.10. The normalized spacial score (nSPS) is 22.9. The monoisotopic (exact) mass is 283 g/mol. The first-order chi connectivity index (χ1) is 9.86. The molecule has 1 aliphatic carbocycles. The fourth-order valence-electron chi connectivity index (χ4n) is 3.17. The van der Waals surface area contributed by atoms with Crippen molar-refractivity contribution in [1.29, 1.82) is 0 Å². The Morgan fingerprint density at radius 2 is 1.25 bits per heavy atom. The van der Waals surface area contributed by atoms with Gasteiger partial charge < -0.3 is 5.73 Å². The van der Waals surface area contributed by atoms with Crippen LogP contribution in [0, 0.1) is 0 Å². The van der Waals surface area contributed by atoms with Gasteiger partial charge in [-0.2, -0.15) is 0 Å². The summed E-state index contributed by atoms with van der Waals surface area (Å²) < 4.78 is 0. The molecule has 0 spiro atoms. The van der Waals surface area contributed by atoms with Gasteiger partial charge in [0.2, 0.25) is 0 Å². The summed E-state index contributed by atoms with van der Waals surface area (Å²) in [6.45, 7) is 0. The molecular weight excluding hydrogens is 261 g/mol. The molecule has 2 heteroatoms. The fraction of sp³-hybridized carbons (Fsp3) is 0.333. The van der Waals surface area contributed by atoms with Crippen LogP contribution >= 0.6 is 7.92 Å². The van der Waals surface area contributed by atoms with Crippen molar-refractivity contribution in [3.8, 4) is 0 Å². The highest BCUT2D eigenvalue weighted by Crippen LogP contribution is 2.45. The Morgan fingerprint density at radius 1 is 0.750 bits per heavy atom. The van der Waals surface area contributed by atoms with Gasteiger partial charge in [-0.15, -0.1) is 0 Å². The summed E-state index contributed by atoms with van der Waals surface area (Å²) in [6, 6.07) is 22.3. The minimum absolute atomic E-state index is 0.333. The van der Waals surface area contributed by atoms with Crippen molar-refractivity contribution in [1.82, 2.24) is 0 Å². The molecule has 2 N–H and O–H groups in total. The van der Waals surface area contributed by atoms with E-state index in [1.807, 2.05) is 0 Å². The molecule has 1 saturated carbocycles. The van der Waals surface area contributed by atoms with Gasteiger partial charge in [-0.3, -0.25) is 0 Å². The van der Waals surface area contributed by atoms with E-state index in [0.29, 0.717) is 11.7 Å². The Morgan fingerprint density at radius 3 is 1.75 bits per heavy atom. The lowest BCUT2D eigenvalue weighted by molar-refractivity contribution is 0.450. The predicted molar refractivity (Wildman–Crippen MR) is 89.3 cm³/mol. The van der Waals surface area contributed by atoms with Gasteiger partial charge in [0.1, 0.15) is 0 Å². The summed E-state index contributed by atoms with van der Waals surface area (Å²) in [5.74, 6) is 0. The molecule has 1 unspecified atom stereocenters. The Bertz CT molecular complexity index is 486. The summed E-state index contributed by atoms with van der Waals surface area (Å²) in [4.78, 5) is 0. The average Bonchev–Trinajstić information content (AvgIpc) is 2.52. The second kappa shape index (κ2) is 6.52. The fourth-order valence-corrected chi connectivity index (χ4v) is 6.19. The molecule has 0 aromatic heterocycles. The van der Waals surface area contributed by atoms with E-state index in [1.165, 1.54) is 36.3 Å². The highest BCUT2D eigenvalue weighted by atomic mass is 31.1. The zero-order valence-corrected chi connectivity index (χ0v) is 12.7. The Labute approximate surface area is 123 Å². The largest absolute Gasteiger partial charge is 0.327 e. The van der Waals surface area contributed by atoms with Crippen LogP contribution < -0.4 is 16.3 Å². The topological polar surface area (TPSA) is 26.0 Å². The Hall–Kier alpha value is -1.17. The van der Waals surface area contributed by atoms with E-state index in [9.17, 15) is 0 Å². The maximum atomic E-state index is 6.47. The van der Waals surface area contributed by atoms with Gasteiger partial charge in [0.25, 0.3) is 0 Å². The molecule has 2 atom stereocenters. The van der Waals surface area contributed by atoms with Crippen molar-refractivity contribution in [3.05, 3.63) is 60.7 Å². The van der Waals surface area contributed by atoms with Gasteiger partial charge in [0, 0.05) is 11.7 Å². The molecule has 104 valence electrons. The quantitative estimate of drug-likeness (QED) is 0.859. The van der Waals surface area contributed by atoms with Crippen LogP contribution in [0.1, 0.15) is 25.7 Å². The SMILES string of the molecule is N[C@@H]1CCCCC1P(c1ccccc1)c1ccccc1. The average molecular weight is 283 g/mol. The van der Waals surface area contributed by atoms with Crippen LogP contribution in [0.15, 0.2) is 60.7 Å². The van der Waals surface area contributed by atoms with Gasteiger partial charge in [-0.25, -0.2) is 0 Å². The predicted octanol–water partition coefficient (Wildman–Crippen LogP) is 3.39. The minimum atomic E-state index is -0.333. The van der Waals surface area contributed by atoms with Crippen molar-refractivity contribution in [3.63, 3.8) is 0 Å². The lowest BCUT2D eigenvalue weighted by Gasteiger charge is -2.36. The molecule has 0 bridgehead atoms. The number of hydrogen-bond acceptors (Lipinski definition) is 1. The zero-order valence-electron chi connectivity index (χ0n) is 11.8. The Balaban J connectivity index is 1.99. The highest BCUT2D eigenvalue weighted by Gasteiger charge is 2.31. The van der Waals surface area contributed by atoms with Crippen LogP contribution in [0.25, 0.3) is 0 Å². The van der Waals surface area contributed by atoms with E-state index in [0.717, 1.165) is 0 Å². The number of hydrogen-bond donors (Lipinski definition) is 1. The molecule has 0 aliphatic heterocycles. The van der Waals surface area contributed by atoms with Crippen molar-refractivity contribution >= 4 is 18.5 Å². The molecule has 20 heavy (non-hydrogen) atoms. The number of benzene rings is 2. The molecule has 3 rings (SSSR count).